The van der Waals surface area contributed by atoms with Gasteiger partial charge in [-0.05, 0) is 49.7 Å². The van der Waals surface area contributed by atoms with E-state index in [1.54, 1.807) is 23.1 Å². The zero-order valence-corrected chi connectivity index (χ0v) is 18.3. The third kappa shape index (κ3) is 5.67. The van der Waals surface area contributed by atoms with Gasteiger partial charge < -0.3 is 20.5 Å². The number of benzene rings is 1. The highest BCUT2D eigenvalue weighted by Gasteiger charge is 2.32. The van der Waals surface area contributed by atoms with Crippen LogP contribution < -0.4 is 16.2 Å². The Kier molecular flexibility index (Phi) is 6.40. The fourth-order valence-electron chi connectivity index (χ4n) is 3.72. The van der Waals surface area contributed by atoms with Crippen LogP contribution in [0.3, 0.4) is 0 Å². The van der Waals surface area contributed by atoms with Crippen LogP contribution >= 0.6 is 0 Å². The summed E-state index contributed by atoms with van der Waals surface area (Å²) < 4.78 is 0. The summed E-state index contributed by atoms with van der Waals surface area (Å²) in [5.74, 6) is -0.763. The molecule has 0 spiro atoms. The molecule has 0 aliphatic heterocycles. The maximum absolute atomic E-state index is 12.6. The fraction of sp³-hybridized carbons (Fsp3) is 0.391. The Hall–Kier alpha value is -3.26. The van der Waals surface area contributed by atoms with Gasteiger partial charge in [0.05, 0.1) is 6.54 Å². The predicted molar refractivity (Wildman–Crippen MR) is 118 cm³/mol. The van der Waals surface area contributed by atoms with Gasteiger partial charge in [0.15, 0.2) is 5.78 Å². The van der Waals surface area contributed by atoms with Gasteiger partial charge >= 0.3 is 0 Å². The lowest BCUT2D eigenvalue weighted by atomic mass is 9.75. The second kappa shape index (κ2) is 8.85. The first-order valence-electron chi connectivity index (χ1n) is 10.2. The molecule has 31 heavy (non-hydrogen) atoms. The molecule has 3 rings (SSSR count). The molecule has 8 nitrogen and oxygen atoms in total. The molecule has 8 heteroatoms. The SMILES string of the molecule is CN(C)CC(=O)Nc1cccc(CNC(=O)c2cc3c([nH]c2=O)CC(C)(C)CC3=O)c1. The van der Waals surface area contributed by atoms with Crippen LogP contribution in [0.2, 0.25) is 0 Å². The molecule has 1 heterocycles. The molecule has 0 unspecified atom stereocenters. The highest BCUT2D eigenvalue weighted by atomic mass is 16.2. The van der Waals surface area contributed by atoms with Crippen molar-refractivity contribution in [3.63, 3.8) is 0 Å². The summed E-state index contributed by atoms with van der Waals surface area (Å²) in [7, 11) is 3.62. The molecule has 3 N–H and O–H groups in total. The van der Waals surface area contributed by atoms with Crippen LogP contribution in [0.1, 0.15) is 52.2 Å². The number of ketones is 1. The van der Waals surface area contributed by atoms with E-state index in [0.29, 0.717) is 29.8 Å². The zero-order chi connectivity index (χ0) is 22.8. The third-order valence-electron chi connectivity index (χ3n) is 5.09. The van der Waals surface area contributed by atoms with Gasteiger partial charge in [-0.2, -0.15) is 0 Å². The summed E-state index contributed by atoms with van der Waals surface area (Å²) in [6.45, 7) is 4.39. The summed E-state index contributed by atoms with van der Waals surface area (Å²) in [6.07, 6.45) is 0.955. The number of Topliss-reactive ketones (excluding diaryl/α,β-unsaturated/α-hetero) is 1. The van der Waals surface area contributed by atoms with E-state index in [4.69, 9.17) is 0 Å². The largest absolute Gasteiger partial charge is 0.348 e. The number of H-pyrrole nitrogens is 1. The molecule has 1 aromatic carbocycles. The number of amides is 2. The number of carbonyl (C=O) groups excluding carboxylic acids is 3. The minimum atomic E-state index is -0.552. The fourth-order valence-corrected chi connectivity index (χ4v) is 3.72. The first-order valence-corrected chi connectivity index (χ1v) is 10.2. The first kappa shape index (κ1) is 22.4. The minimum Gasteiger partial charge on any atom is -0.348 e. The highest BCUT2D eigenvalue weighted by Crippen LogP contribution is 2.33. The van der Waals surface area contributed by atoms with Gasteiger partial charge in [0.25, 0.3) is 11.5 Å². The van der Waals surface area contributed by atoms with Crippen LogP contribution in [0, 0.1) is 5.41 Å². The van der Waals surface area contributed by atoms with E-state index < -0.39 is 11.5 Å². The molecule has 0 atom stereocenters. The van der Waals surface area contributed by atoms with Crippen LogP contribution in [0.15, 0.2) is 35.1 Å². The van der Waals surface area contributed by atoms with E-state index in [9.17, 15) is 19.2 Å². The molecule has 164 valence electrons. The average molecular weight is 425 g/mol. The van der Waals surface area contributed by atoms with E-state index in [-0.39, 0.29) is 35.8 Å². The van der Waals surface area contributed by atoms with Crippen LogP contribution in [0.4, 0.5) is 5.69 Å². The van der Waals surface area contributed by atoms with Gasteiger partial charge in [-0.15, -0.1) is 0 Å². The molecular formula is C23H28N4O4. The number of nitrogens with one attached hydrogen (secondary N) is 3. The number of carbonyl (C=O) groups is 3. The summed E-state index contributed by atoms with van der Waals surface area (Å²) in [6, 6.07) is 8.51. The van der Waals surface area contributed by atoms with Crippen molar-refractivity contribution in [2.75, 3.05) is 26.0 Å². The maximum atomic E-state index is 12.6. The molecule has 1 aliphatic carbocycles. The third-order valence-corrected chi connectivity index (χ3v) is 5.09. The van der Waals surface area contributed by atoms with Gasteiger partial charge in [-0.1, -0.05) is 26.0 Å². The number of hydrogen-bond donors (Lipinski definition) is 3. The molecule has 1 aromatic heterocycles. The standard InChI is InChI=1S/C23H28N4O4/c1-23(2)10-18-16(19(28)11-23)9-17(22(31)26-18)21(30)24-12-14-6-5-7-15(8-14)25-20(29)13-27(3)4/h5-9H,10-13H2,1-4H3,(H,24,30)(H,25,29)(H,26,31). The van der Waals surface area contributed by atoms with Crippen LogP contribution in [-0.2, 0) is 17.8 Å². The van der Waals surface area contributed by atoms with Crippen molar-refractivity contribution in [3.8, 4) is 0 Å². The van der Waals surface area contributed by atoms with Crippen molar-refractivity contribution in [2.24, 2.45) is 5.41 Å². The lowest BCUT2D eigenvalue weighted by Gasteiger charge is -2.29. The molecule has 2 aromatic rings. The Morgan fingerprint density at radius 3 is 2.58 bits per heavy atom. The Balaban J connectivity index is 1.70. The van der Waals surface area contributed by atoms with Crippen molar-refractivity contribution < 1.29 is 14.4 Å². The molecule has 0 bridgehead atoms. The van der Waals surface area contributed by atoms with Gasteiger partial charge in [-0.25, -0.2) is 0 Å². The number of hydrogen-bond acceptors (Lipinski definition) is 5. The second-order valence-electron chi connectivity index (χ2n) is 9.01. The molecule has 0 saturated heterocycles. The van der Waals surface area contributed by atoms with Crippen molar-refractivity contribution in [1.82, 2.24) is 15.2 Å². The lowest BCUT2D eigenvalue weighted by molar-refractivity contribution is -0.116. The van der Waals surface area contributed by atoms with E-state index in [2.05, 4.69) is 15.6 Å². The Morgan fingerprint density at radius 2 is 1.87 bits per heavy atom. The molecule has 0 fully saturated rings. The normalized spacial score (nSPS) is 14.8. The number of anilines is 1. The van der Waals surface area contributed by atoms with Gasteiger partial charge in [0.1, 0.15) is 5.56 Å². The minimum absolute atomic E-state index is 0.0716. The number of rotatable bonds is 6. The number of pyridine rings is 1. The lowest BCUT2D eigenvalue weighted by Crippen LogP contribution is -2.34. The van der Waals surface area contributed by atoms with E-state index >= 15 is 0 Å². The summed E-state index contributed by atoms with van der Waals surface area (Å²) in [4.78, 5) is 53.9. The van der Waals surface area contributed by atoms with Crippen molar-refractivity contribution in [3.05, 3.63) is 63.1 Å². The van der Waals surface area contributed by atoms with Crippen LogP contribution in [0.25, 0.3) is 0 Å². The van der Waals surface area contributed by atoms with E-state index in [1.807, 2.05) is 34.0 Å². The average Bonchev–Trinajstić information content (AvgIpc) is 2.64. The maximum Gasteiger partial charge on any atom is 0.261 e. The Morgan fingerprint density at radius 1 is 1.13 bits per heavy atom. The van der Waals surface area contributed by atoms with Crippen molar-refractivity contribution >= 4 is 23.3 Å². The van der Waals surface area contributed by atoms with Crippen LogP contribution in [-0.4, -0.2) is 48.1 Å². The number of nitrogens with zero attached hydrogens (tertiary/aromatic N) is 1. The highest BCUT2D eigenvalue weighted by molar-refractivity contribution is 6.02. The predicted octanol–water partition coefficient (Wildman–Crippen LogP) is 1.96. The molecule has 0 radical (unpaired) electrons. The summed E-state index contributed by atoms with van der Waals surface area (Å²) in [5.41, 5.74) is 1.58. The van der Waals surface area contributed by atoms with Crippen LogP contribution in [0.5, 0.6) is 0 Å². The topological polar surface area (TPSA) is 111 Å². The van der Waals surface area contributed by atoms with Gasteiger partial charge in [0.2, 0.25) is 5.91 Å². The van der Waals surface area contributed by atoms with E-state index in [0.717, 1.165) is 5.56 Å². The molecule has 2 amide bonds. The van der Waals surface area contributed by atoms with Crippen molar-refractivity contribution in [1.29, 1.82) is 0 Å². The van der Waals surface area contributed by atoms with E-state index in [1.165, 1.54) is 6.07 Å². The molecule has 1 aliphatic rings. The monoisotopic (exact) mass is 424 g/mol. The molecule has 0 saturated carbocycles. The summed E-state index contributed by atoms with van der Waals surface area (Å²) in [5, 5.41) is 5.52. The number of aromatic amines is 1. The Bertz CT molecular complexity index is 1090. The summed E-state index contributed by atoms with van der Waals surface area (Å²) >= 11 is 0. The number of aromatic nitrogens is 1. The first-order chi connectivity index (χ1) is 14.5. The van der Waals surface area contributed by atoms with Crippen molar-refractivity contribution in [2.45, 2.75) is 33.2 Å². The molecular weight excluding hydrogens is 396 g/mol. The number of fused-ring (bicyclic) bond motifs is 1. The quantitative estimate of drug-likeness (QED) is 0.656. The zero-order valence-electron chi connectivity index (χ0n) is 18.3. The van der Waals surface area contributed by atoms with Gasteiger partial charge in [0, 0.05) is 29.9 Å². The number of likely N-dealkylation sites (N-methyl/N-ethyl adjacent to an activating group) is 1. The second-order valence-corrected chi connectivity index (χ2v) is 9.01. The smallest absolute Gasteiger partial charge is 0.261 e. The Labute approximate surface area is 181 Å². The van der Waals surface area contributed by atoms with Gasteiger partial charge in [-0.3, -0.25) is 19.2 Å².